The van der Waals surface area contributed by atoms with Crippen molar-refractivity contribution in [3.63, 3.8) is 0 Å². The van der Waals surface area contributed by atoms with Gasteiger partial charge in [-0.05, 0) is 19.8 Å². The van der Waals surface area contributed by atoms with Gasteiger partial charge in [0.05, 0.1) is 6.07 Å². The molecule has 0 saturated carbocycles. The van der Waals surface area contributed by atoms with Gasteiger partial charge in [-0.2, -0.15) is 5.26 Å². The molecule has 0 saturated heterocycles. The summed E-state index contributed by atoms with van der Waals surface area (Å²) in [4.78, 5) is 13.6. The van der Waals surface area contributed by atoms with Gasteiger partial charge in [-0.3, -0.25) is 4.79 Å². The molecule has 0 fully saturated rings. The first kappa shape index (κ1) is 13.9. The van der Waals surface area contributed by atoms with E-state index in [2.05, 4.69) is 0 Å². The molecule has 0 bridgehead atoms. The lowest BCUT2D eigenvalue weighted by Gasteiger charge is -2.31. The van der Waals surface area contributed by atoms with E-state index in [4.69, 9.17) is 10.00 Å². The van der Waals surface area contributed by atoms with Crippen molar-refractivity contribution in [1.82, 2.24) is 4.90 Å². The van der Waals surface area contributed by atoms with Crippen LogP contribution in [-0.2, 0) is 9.53 Å². The number of hydrogen-bond acceptors (Lipinski definition) is 3. The van der Waals surface area contributed by atoms with Crippen LogP contribution >= 0.6 is 0 Å². The number of methoxy groups -OCH3 is 1. The average Bonchev–Trinajstić information content (AvgIpc) is 2.26. The quantitative estimate of drug-likeness (QED) is 0.628. The highest BCUT2D eigenvalue weighted by atomic mass is 16.5. The zero-order valence-corrected chi connectivity index (χ0v) is 10.0. The van der Waals surface area contributed by atoms with E-state index in [9.17, 15) is 4.79 Å². The van der Waals surface area contributed by atoms with E-state index in [1.807, 2.05) is 19.9 Å². The SMILES string of the molecule is CCCN(CC#N)C(=O)C(C)(CC)OC. The highest BCUT2D eigenvalue weighted by molar-refractivity contribution is 5.85. The van der Waals surface area contributed by atoms with Gasteiger partial charge in [0.2, 0.25) is 0 Å². The van der Waals surface area contributed by atoms with Crippen molar-refractivity contribution in [3.8, 4) is 6.07 Å². The lowest BCUT2D eigenvalue weighted by atomic mass is 10.0. The molecule has 86 valence electrons. The zero-order chi connectivity index (χ0) is 11.9. The summed E-state index contributed by atoms with van der Waals surface area (Å²) in [6.07, 6.45) is 1.45. The third kappa shape index (κ3) is 3.52. The Morgan fingerprint density at radius 3 is 2.47 bits per heavy atom. The van der Waals surface area contributed by atoms with E-state index in [1.54, 1.807) is 11.8 Å². The lowest BCUT2D eigenvalue weighted by molar-refractivity contribution is -0.152. The van der Waals surface area contributed by atoms with Gasteiger partial charge in [0, 0.05) is 13.7 Å². The number of hydrogen-bond donors (Lipinski definition) is 0. The molecule has 4 heteroatoms. The summed E-state index contributed by atoms with van der Waals surface area (Å²) in [6, 6.07) is 2.00. The molecule has 0 aromatic heterocycles. The zero-order valence-electron chi connectivity index (χ0n) is 10.0. The predicted octanol–water partition coefficient (Wildman–Crippen LogP) is 1.56. The maximum atomic E-state index is 12.1. The third-order valence-electron chi connectivity index (χ3n) is 2.62. The Morgan fingerprint density at radius 2 is 2.13 bits per heavy atom. The van der Waals surface area contributed by atoms with E-state index in [-0.39, 0.29) is 12.5 Å². The molecule has 1 atom stereocenters. The number of nitriles is 1. The normalized spacial score (nSPS) is 14.1. The smallest absolute Gasteiger partial charge is 0.255 e. The van der Waals surface area contributed by atoms with Crippen LogP contribution in [0.2, 0.25) is 0 Å². The summed E-state index contributed by atoms with van der Waals surface area (Å²) in [6.45, 7) is 6.37. The maximum absolute atomic E-state index is 12.1. The first-order valence-electron chi connectivity index (χ1n) is 5.27. The fourth-order valence-corrected chi connectivity index (χ4v) is 1.33. The fraction of sp³-hybridized carbons (Fsp3) is 0.818. The Kier molecular flexibility index (Phi) is 5.95. The van der Waals surface area contributed by atoms with Crippen molar-refractivity contribution in [2.24, 2.45) is 0 Å². The largest absolute Gasteiger partial charge is 0.369 e. The van der Waals surface area contributed by atoms with Gasteiger partial charge >= 0.3 is 0 Å². The summed E-state index contributed by atoms with van der Waals surface area (Å²) in [5.74, 6) is -0.101. The van der Waals surface area contributed by atoms with E-state index in [0.29, 0.717) is 13.0 Å². The van der Waals surface area contributed by atoms with Crippen LogP contribution < -0.4 is 0 Å². The Balaban J connectivity index is 4.68. The molecule has 0 spiro atoms. The van der Waals surface area contributed by atoms with Crippen molar-refractivity contribution in [2.45, 2.75) is 39.2 Å². The Morgan fingerprint density at radius 1 is 1.53 bits per heavy atom. The molecule has 0 N–H and O–H groups in total. The van der Waals surface area contributed by atoms with Crippen molar-refractivity contribution < 1.29 is 9.53 Å². The van der Waals surface area contributed by atoms with E-state index in [0.717, 1.165) is 6.42 Å². The van der Waals surface area contributed by atoms with Crippen molar-refractivity contribution in [2.75, 3.05) is 20.2 Å². The number of carbonyl (C=O) groups is 1. The third-order valence-corrected chi connectivity index (χ3v) is 2.62. The van der Waals surface area contributed by atoms with Gasteiger partial charge in [-0.25, -0.2) is 0 Å². The van der Waals surface area contributed by atoms with E-state index >= 15 is 0 Å². The molecule has 0 aromatic carbocycles. The monoisotopic (exact) mass is 212 g/mol. The molecular formula is C11H20N2O2. The van der Waals surface area contributed by atoms with Crippen molar-refractivity contribution >= 4 is 5.91 Å². The summed E-state index contributed by atoms with van der Waals surface area (Å²) in [5.41, 5.74) is -0.800. The van der Waals surface area contributed by atoms with Crippen LogP contribution in [0.3, 0.4) is 0 Å². The Bertz CT molecular complexity index is 241. The second kappa shape index (κ2) is 6.41. The van der Waals surface area contributed by atoms with E-state index in [1.165, 1.54) is 7.11 Å². The van der Waals surface area contributed by atoms with Crippen LogP contribution in [0.4, 0.5) is 0 Å². The standard InChI is InChI=1S/C11H20N2O2/c1-5-8-13(9-7-12)10(14)11(3,6-2)15-4/h5-6,8-9H2,1-4H3. The van der Waals surface area contributed by atoms with Gasteiger partial charge in [0.15, 0.2) is 0 Å². The minimum absolute atomic E-state index is 0.101. The fourth-order valence-electron chi connectivity index (χ4n) is 1.33. The van der Waals surface area contributed by atoms with Gasteiger partial charge in [-0.1, -0.05) is 13.8 Å². The highest BCUT2D eigenvalue weighted by Gasteiger charge is 2.34. The summed E-state index contributed by atoms with van der Waals surface area (Å²) in [5, 5.41) is 8.64. The van der Waals surface area contributed by atoms with Gasteiger partial charge in [-0.15, -0.1) is 0 Å². The second-order valence-electron chi connectivity index (χ2n) is 3.67. The number of rotatable bonds is 6. The number of amides is 1. The lowest BCUT2D eigenvalue weighted by Crippen LogP contribution is -2.48. The molecule has 0 heterocycles. The van der Waals surface area contributed by atoms with Crippen LogP contribution in [0.25, 0.3) is 0 Å². The Hall–Kier alpha value is -1.08. The minimum Gasteiger partial charge on any atom is -0.369 e. The minimum atomic E-state index is -0.800. The van der Waals surface area contributed by atoms with Crippen LogP contribution in [-0.4, -0.2) is 36.6 Å². The first-order valence-corrected chi connectivity index (χ1v) is 5.27. The van der Waals surface area contributed by atoms with Crippen molar-refractivity contribution in [3.05, 3.63) is 0 Å². The van der Waals surface area contributed by atoms with Gasteiger partial charge in [0.25, 0.3) is 5.91 Å². The van der Waals surface area contributed by atoms with Crippen LogP contribution in [0.5, 0.6) is 0 Å². The molecule has 0 aromatic rings. The molecule has 1 amide bonds. The summed E-state index contributed by atoms with van der Waals surface area (Å²) >= 11 is 0. The maximum Gasteiger partial charge on any atom is 0.255 e. The van der Waals surface area contributed by atoms with Crippen LogP contribution in [0.1, 0.15) is 33.6 Å². The summed E-state index contributed by atoms with van der Waals surface area (Å²) < 4.78 is 5.22. The molecule has 0 rings (SSSR count). The highest BCUT2D eigenvalue weighted by Crippen LogP contribution is 2.17. The number of ether oxygens (including phenoxy) is 1. The molecule has 0 aliphatic heterocycles. The van der Waals surface area contributed by atoms with Gasteiger partial charge < -0.3 is 9.64 Å². The molecule has 4 nitrogen and oxygen atoms in total. The molecule has 0 aliphatic rings. The Labute approximate surface area is 91.8 Å². The molecule has 0 aliphatic carbocycles. The predicted molar refractivity (Wildman–Crippen MR) is 58.2 cm³/mol. The first-order chi connectivity index (χ1) is 7.05. The van der Waals surface area contributed by atoms with Gasteiger partial charge in [0.1, 0.15) is 12.1 Å². The number of nitrogens with zero attached hydrogens (tertiary/aromatic N) is 2. The molecule has 0 radical (unpaired) electrons. The van der Waals surface area contributed by atoms with Crippen LogP contribution in [0.15, 0.2) is 0 Å². The molecular weight excluding hydrogens is 192 g/mol. The summed E-state index contributed by atoms with van der Waals surface area (Å²) in [7, 11) is 1.53. The average molecular weight is 212 g/mol. The van der Waals surface area contributed by atoms with E-state index < -0.39 is 5.60 Å². The van der Waals surface area contributed by atoms with Crippen LogP contribution in [0, 0.1) is 11.3 Å². The number of carbonyl (C=O) groups excluding carboxylic acids is 1. The molecule has 1 unspecified atom stereocenters. The topological polar surface area (TPSA) is 53.3 Å². The van der Waals surface area contributed by atoms with Crippen molar-refractivity contribution in [1.29, 1.82) is 5.26 Å². The second-order valence-corrected chi connectivity index (χ2v) is 3.67. The molecule has 15 heavy (non-hydrogen) atoms.